The predicted molar refractivity (Wildman–Crippen MR) is 138 cm³/mol. The summed E-state index contributed by atoms with van der Waals surface area (Å²) >= 11 is 7.63. The van der Waals surface area contributed by atoms with Crippen LogP contribution >= 0.6 is 22.9 Å². The fraction of sp³-hybridized carbons (Fsp3) is 0.269. The van der Waals surface area contributed by atoms with Crippen LogP contribution in [0.2, 0.25) is 5.02 Å². The summed E-state index contributed by atoms with van der Waals surface area (Å²) in [6, 6.07) is 19.4. The zero-order chi connectivity index (χ0) is 23.5. The summed E-state index contributed by atoms with van der Waals surface area (Å²) in [6.07, 6.45) is 1.41. The number of aromatic nitrogens is 2. The minimum Gasteiger partial charge on any atom is -0.352 e. The van der Waals surface area contributed by atoms with Crippen molar-refractivity contribution < 1.29 is 4.79 Å². The number of piperidine rings is 1. The number of halogens is 1. The summed E-state index contributed by atoms with van der Waals surface area (Å²) in [6.45, 7) is 2.22. The first-order valence-corrected chi connectivity index (χ1v) is 12.6. The number of amides is 1. The number of carbonyl (C=O) groups is 1. The summed E-state index contributed by atoms with van der Waals surface area (Å²) < 4.78 is 2.44. The van der Waals surface area contributed by atoms with Crippen molar-refractivity contribution in [3.05, 3.63) is 92.5 Å². The van der Waals surface area contributed by atoms with E-state index in [1.165, 1.54) is 11.3 Å². The highest BCUT2D eigenvalue weighted by Crippen LogP contribution is 2.25. The molecule has 1 amide bonds. The molecule has 0 atom stereocenters. The maximum atomic E-state index is 13.3. The van der Waals surface area contributed by atoms with Crippen LogP contribution in [0.4, 0.5) is 5.95 Å². The minimum absolute atomic E-state index is 0.0153. The molecule has 1 N–H and O–H groups in total. The van der Waals surface area contributed by atoms with E-state index < -0.39 is 0 Å². The van der Waals surface area contributed by atoms with Gasteiger partial charge >= 0.3 is 0 Å². The van der Waals surface area contributed by atoms with Gasteiger partial charge in [-0.1, -0.05) is 60.1 Å². The molecule has 0 unspecified atom stereocenters. The van der Waals surface area contributed by atoms with Crippen molar-refractivity contribution in [3.63, 3.8) is 0 Å². The molecular weight excluding hydrogens is 468 g/mol. The fourth-order valence-electron chi connectivity index (χ4n) is 4.39. The van der Waals surface area contributed by atoms with Gasteiger partial charge in [0.25, 0.3) is 5.56 Å². The number of hydrogen-bond donors (Lipinski definition) is 1. The fourth-order valence-corrected chi connectivity index (χ4v) is 5.37. The number of anilines is 1. The molecule has 4 aromatic rings. The Labute approximate surface area is 206 Å². The molecule has 0 saturated carbocycles. The topological polar surface area (TPSA) is 67.2 Å². The van der Waals surface area contributed by atoms with Crippen LogP contribution in [0.1, 0.15) is 24.0 Å². The van der Waals surface area contributed by atoms with Gasteiger partial charge < -0.3 is 10.2 Å². The molecule has 0 radical (unpaired) electrons. The first kappa shape index (κ1) is 22.6. The van der Waals surface area contributed by atoms with E-state index in [2.05, 4.69) is 10.2 Å². The zero-order valence-corrected chi connectivity index (χ0v) is 20.2. The third-order valence-corrected chi connectivity index (χ3v) is 7.55. The van der Waals surface area contributed by atoms with Gasteiger partial charge in [-0.05, 0) is 41.5 Å². The van der Waals surface area contributed by atoms with Crippen molar-refractivity contribution >= 4 is 45.0 Å². The molecule has 0 bridgehead atoms. The van der Waals surface area contributed by atoms with E-state index in [0.717, 1.165) is 16.6 Å². The largest absolute Gasteiger partial charge is 0.352 e. The number of rotatable bonds is 6. The van der Waals surface area contributed by atoms with E-state index in [9.17, 15) is 9.59 Å². The maximum Gasteiger partial charge on any atom is 0.273 e. The Kier molecular flexibility index (Phi) is 6.65. The van der Waals surface area contributed by atoms with E-state index in [1.54, 1.807) is 4.57 Å². The normalized spacial score (nSPS) is 14.4. The first-order chi connectivity index (χ1) is 16.6. The van der Waals surface area contributed by atoms with Crippen LogP contribution < -0.4 is 15.8 Å². The van der Waals surface area contributed by atoms with Crippen LogP contribution in [0.5, 0.6) is 0 Å². The quantitative estimate of drug-likeness (QED) is 0.424. The number of thiophene rings is 1. The summed E-state index contributed by atoms with van der Waals surface area (Å²) in [5, 5.41) is 5.59. The van der Waals surface area contributed by atoms with Gasteiger partial charge in [-0.15, -0.1) is 11.3 Å². The second kappa shape index (κ2) is 9.99. The zero-order valence-electron chi connectivity index (χ0n) is 18.6. The van der Waals surface area contributed by atoms with Gasteiger partial charge in [0.15, 0.2) is 0 Å². The number of hydrogen-bond acceptors (Lipinski definition) is 5. The molecule has 0 spiro atoms. The van der Waals surface area contributed by atoms with Gasteiger partial charge in [0.05, 0.1) is 12.1 Å². The Bertz CT molecular complexity index is 1360. The Hall–Kier alpha value is -3.16. The summed E-state index contributed by atoms with van der Waals surface area (Å²) in [4.78, 5) is 33.1. The van der Waals surface area contributed by atoms with Crippen LogP contribution in [-0.4, -0.2) is 28.5 Å². The van der Waals surface area contributed by atoms with Gasteiger partial charge in [-0.2, -0.15) is 0 Å². The average Bonchev–Trinajstić information content (AvgIpc) is 3.35. The maximum absolute atomic E-state index is 13.3. The SMILES string of the molecule is O=C(NCc1ccccc1Cl)C1CCN(c2nc3ccsc3c(=O)n2Cc2ccccc2)CC1. The molecule has 0 aliphatic carbocycles. The smallest absolute Gasteiger partial charge is 0.273 e. The molecule has 8 heteroatoms. The highest BCUT2D eigenvalue weighted by Gasteiger charge is 2.28. The molecule has 6 nitrogen and oxygen atoms in total. The van der Waals surface area contributed by atoms with Crippen molar-refractivity contribution in [2.24, 2.45) is 5.92 Å². The van der Waals surface area contributed by atoms with Gasteiger partial charge in [0, 0.05) is 30.6 Å². The van der Waals surface area contributed by atoms with E-state index in [0.29, 0.717) is 54.7 Å². The Morgan fingerprint density at radius 2 is 1.79 bits per heavy atom. The third kappa shape index (κ3) is 4.72. The van der Waals surface area contributed by atoms with Crippen molar-refractivity contribution in [1.82, 2.24) is 14.9 Å². The number of nitrogens with zero attached hydrogens (tertiary/aromatic N) is 3. The molecule has 5 rings (SSSR count). The average molecular weight is 493 g/mol. The monoisotopic (exact) mass is 492 g/mol. The van der Waals surface area contributed by atoms with Crippen LogP contribution in [0.3, 0.4) is 0 Å². The van der Waals surface area contributed by atoms with Crippen molar-refractivity contribution in [2.75, 3.05) is 18.0 Å². The van der Waals surface area contributed by atoms with E-state index in [4.69, 9.17) is 16.6 Å². The van der Waals surface area contributed by atoms with Gasteiger partial charge in [-0.3, -0.25) is 14.2 Å². The van der Waals surface area contributed by atoms with E-state index in [1.807, 2.05) is 66.0 Å². The lowest BCUT2D eigenvalue weighted by Gasteiger charge is -2.33. The molecule has 1 aliphatic rings. The Morgan fingerprint density at radius 3 is 2.56 bits per heavy atom. The van der Waals surface area contributed by atoms with Crippen molar-refractivity contribution in [3.8, 4) is 0 Å². The van der Waals surface area contributed by atoms with E-state index >= 15 is 0 Å². The highest BCUT2D eigenvalue weighted by atomic mass is 35.5. The molecule has 34 heavy (non-hydrogen) atoms. The second-order valence-corrected chi connectivity index (χ2v) is 9.82. The van der Waals surface area contributed by atoms with Gasteiger partial charge in [0.1, 0.15) is 4.70 Å². The van der Waals surface area contributed by atoms with Gasteiger partial charge in [0.2, 0.25) is 11.9 Å². The van der Waals surface area contributed by atoms with Crippen molar-refractivity contribution in [2.45, 2.75) is 25.9 Å². The van der Waals surface area contributed by atoms with Crippen molar-refractivity contribution in [1.29, 1.82) is 0 Å². The molecule has 3 heterocycles. The molecule has 174 valence electrons. The van der Waals surface area contributed by atoms with E-state index in [-0.39, 0.29) is 17.4 Å². The lowest BCUT2D eigenvalue weighted by atomic mass is 9.96. The summed E-state index contributed by atoms with van der Waals surface area (Å²) in [7, 11) is 0. The molecular formula is C26H25ClN4O2S. The lowest BCUT2D eigenvalue weighted by molar-refractivity contribution is -0.125. The van der Waals surface area contributed by atoms with Gasteiger partial charge in [-0.25, -0.2) is 4.98 Å². The second-order valence-electron chi connectivity index (χ2n) is 8.49. The number of benzene rings is 2. The lowest BCUT2D eigenvalue weighted by Crippen LogP contribution is -2.42. The molecule has 1 fully saturated rings. The summed E-state index contributed by atoms with van der Waals surface area (Å²) in [5.74, 6) is 0.648. The molecule has 2 aromatic heterocycles. The molecule has 1 saturated heterocycles. The molecule has 1 aliphatic heterocycles. The van der Waals surface area contributed by atoms with Crippen LogP contribution in [0, 0.1) is 5.92 Å². The number of nitrogens with one attached hydrogen (secondary N) is 1. The third-order valence-electron chi connectivity index (χ3n) is 6.29. The highest BCUT2D eigenvalue weighted by molar-refractivity contribution is 7.17. The summed E-state index contributed by atoms with van der Waals surface area (Å²) in [5.41, 5.74) is 2.68. The predicted octanol–water partition coefficient (Wildman–Crippen LogP) is 4.69. The number of fused-ring (bicyclic) bond motifs is 1. The first-order valence-electron chi connectivity index (χ1n) is 11.4. The Morgan fingerprint density at radius 1 is 1.06 bits per heavy atom. The minimum atomic E-state index is -0.0714. The van der Waals surface area contributed by atoms with Crippen LogP contribution in [0.25, 0.3) is 10.2 Å². The van der Waals surface area contributed by atoms with Crippen LogP contribution in [-0.2, 0) is 17.9 Å². The molecule has 2 aromatic carbocycles. The Balaban J connectivity index is 1.31. The standard InChI is InChI=1S/C26H25ClN4O2S/c27-21-9-5-4-8-20(21)16-28-24(32)19-10-13-30(14-11-19)26-29-22-12-15-34-23(22)25(33)31(26)17-18-6-2-1-3-7-18/h1-9,12,15,19H,10-11,13-14,16-17H2,(H,28,32). The van der Waals surface area contributed by atoms with Crippen LogP contribution in [0.15, 0.2) is 70.8 Å². The number of carbonyl (C=O) groups excluding carboxylic acids is 1.